The molecule has 4 heteroatoms. The molecule has 0 saturated heterocycles. The number of hydrogen-bond donors (Lipinski definition) is 1. The summed E-state index contributed by atoms with van der Waals surface area (Å²) < 4.78 is 5.42. The van der Waals surface area contributed by atoms with Crippen LogP contribution in [0.1, 0.15) is 5.56 Å². The molecule has 0 radical (unpaired) electrons. The van der Waals surface area contributed by atoms with Gasteiger partial charge in [-0.25, -0.2) is 4.79 Å². The van der Waals surface area contributed by atoms with Gasteiger partial charge in [0.05, 0.1) is 19.5 Å². The molecule has 0 bridgehead atoms. The highest BCUT2D eigenvalue weighted by atomic mass is 16.4. The van der Waals surface area contributed by atoms with Crippen molar-refractivity contribution in [3.63, 3.8) is 0 Å². The lowest BCUT2D eigenvalue weighted by molar-refractivity contribution is -0.872. The minimum Gasteiger partial charge on any atom is -0.872 e. The van der Waals surface area contributed by atoms with E-state index in [0.29, 0.717) is 23.1 Å². The minimum atomic E-state index is -0.395. The van der Waals surface area contributed by atoms with Gasteiger partial charge in [0.15, 0.2) is 0 Å². The molecule has 1 N–H and O–H groups in total. The van der Waals surface area contributed by atoms with Gasteiger partial charge in [0, 0.05) is 10.9 Å². The van der Waals surface area contributed by atoms with Gasteiger partial charge < -0.3 is 14.4 Å². The fourth-order valence-electron chi connectivity index (χ4n) is 2.50. The number of benzene rings is 2. The van der Waals surface area contributed by atoms with Crippen LogP contribution in [0.25, 0.3) is 21.7 Å². The zero-order valence-corrected chi connectivity index (χ0v) is 11.4. The summed E-state index contributed by atoms with van der Waals surface area (Å²) in [6.45, 7) is 0.525. The lowest BCUT2D eigenvalue weighted by atomic mass is 10.0. The monoisotopic (exact) mass is 269 g/mol. The number of hydrogen-bond acceptors (Lipinski definition) is 3. The summed E-state index contributed by atoms with van der Waals surface area (Å²) in [5.74, 6) is -0.0860. The molecule has 0 aliphatic rings. The molecule has 0 amide bonds. The molecule has 2 aromatic carbocycles. The van der Waals surface area contributed by atoms with Crippen molar-refractivity contribution in [3.05, 3.63) is 52.4 Å². The van der Waals surface area contributed by atoms with Crippen molar-refractivity contribution >= 4 is 21.7 Å². The molecule has 0 atom stereocenters. The molecule has 0 fully saturated rings. The molecule has 0 saturated carbocycles. The van der Waals surface area contributed by atoms with E-state index in [0.717, 1.165) is 15.7 Å². The molecule has 0 spiro atoms. The predicted octanol–water partition coefficient (Wildman–Crippen LogP) is 0.664. The Hall–Kier alpha value is -2.33. The van der Waals surface area contributed by atoms with Crippen LogP contribution >= 0.6 is 0 Å². The first kappa shape index (κ1) is 12.7. The normalized spacial score (nSPS) is 11.6. The van der Waals surface area contributed by atoms with E-state index in [9.17, 15) is 9.90 Å². The molecule has 3 rings (SSSR count). The minimum absolute atomic E-state index is 0.0860. The maximum absolute atomic E-state index is 12.1. The third kappa shape index (κ3) is 1.94. The van der Waals surface area contributed by atoms with Crippen molar-refractivity contribution in [2.24, 2.45) is 0 Å². The standard InChI is InChI=1S/C16H15NO3/c1-17(2)9-13-14(18)8-7-11-10-5-3-4-6-12(10)16(19)20-15(11)13/h3-8,18H,9H2,1-2H3. The first-order chi connectivity index (χ1) is 9.58. The largest absolute Gasteiger partial charge is 0.872 e. The Morgan fingerprint density at radius 3 is 2.45 bits per heavy atom. The molecule has 3 aromatic rings. The van der Waals surface area contributed by atoms with E-state index in [4.69, 9.17) is 4.42 Å². The second kappa shape index (κ2) is 4.65. The van der Waals surface area contributed by atoms with Gasteiger partial charge in [0.2, 0.25) is 0 Å². The van der Waals surface area contributed by atoms with Gasteiger partial charge in [-0.05, 0) is 11.5 Å². The Labute approximate surface area is 115 Å². The highest BCUT2D eigenvalue weighted by Gasteiger charge is 2.12. The molecule has 20 heavy (non-hydrogen) atoms. The first-order valence-electron chi connectivity index (χ1n) is 6.51. The Morgan fingerprint density at radius 2 is 1.75 bits per heavy atom. The van der Waals surface area contributed by atoms with E-state index in [1.165, 1.54) is 0 Å². The van der Waals surface area contributed by atoms with E-state index in [1.807, 2.05) is 26.2 Å². The highest BCUT2D eigenvalue weighted by Crippen LogP contribution is 2.28. The summed E-state index contributed by atoms with van der Waals surface area (Å²) >= 11 is 0. The highest BCUT2D eigenvalue weighted by molar-refractivity contribution is 6.05. The van der Waals surface area contributed by atoms with Gasteiger partial charge in [-0.15, -0.1) is 0 Å². The lowest BCUT2D eigenvalue weighted by Gasteiger charge is -2.17. The molecule has 102 valence electrons. The second-order valence-electron chi connectivity index (χ2n) is 5.24. The van der Waals surface area contributed by atoms with Crippen LogP contribution in [0.2, 0.25) is 0 Å². The molecule has 0 aliphatic carbocycles. The van der Waals surface area contributed by atoms with Crippen molar-refractivity contribution in [1.82, 2.24) is 0 Å². The quantitative estimate of drug-likeness (QED) is 0.549. The maximum atomic E-state index is 12.1. The van der Waals surface area contributed by atoms with Crippen molar-refractivity contribution in [2.45, 2.75) is 6.54 Å². The molecular weight excluding hydrogens is 254 g/mol. The van der Waals surface area contributed by atoms with Crippen LogP contribution in [0, 0.1) is 0 Å². The van der Waals surface area contributed by atoms with Crippen LogP contribution in [-0.2, 0) is 6.54 Å². The van der Waals surface area contributed by atoms with E-state index in [2.05, 4.69) is 0 Å². The molecule has 0 unspecified atom stereocenters. The van der Waals surface area contributed by atoms with E-state index < -0.39 is 5.63 Å². The average Bonchev–Trinajstić information content (AvgIpc) is 2.42. The summed E-state index contributed by atoms with van der Waals surface area (Å²) in [5, 5.41) is 14.2. The SMILES string of the molecule is C[NH+](C)Cc1c([O-])ccc2c1oc(=O)c1ccccc12. The maximum Gasteiger partial charge on any atom is 0.344 e. The summed E-state index contributed by atoms with van der Waals surface area (Å²) in [4.78, 5) is 13.2. The Balaban J connectivity index is 2.47. The van der Waals surface area contributed by atoms with Crippen LogP contribution in [0.4, 0.5) is 0 Å². The summed E-state index contributed by atoms with van der Waals surface area (Å²) in [5.41, 5.74) is 0.585. The molecule has 0 aliphatic heterocycles. The fraction of sp³-hybridized carbons (Fsp3) is 0.188. The van der Waals surface area contributed by atoms with Crippen LogP contribution in [0.15, 0.2) is 45.6 Å². The lowest BCUT2D eigenvalue weighted by Crippen LogP contribution is -3.04. The van der Waals surface area contributed by atoms with Crippen LogP contribution < -0.4 is 15.6 Å². The van der Waals surface area contributed by atoms with Crippen molar-refractivity contribution in [3.8, 4) is 5.75 Å². The molecular formula is C16H15NO3. The second-order valence-corrected chi connectivity index (χ2v) is 5.24. The van der Waals surface area contributed by atoms with E-state index in [-0.39, 0.29) is 5.75 Å². The van der Waals surface area contributed by atoms with Crippen molar-refractivity contribution in [2.75, 3.05) is 14.1 Å². The van der Waals surface area contributed by atoms with Crippen molar-refractivity contribution in [1.29, 1.82) is 0 Å². The third-order valence-corrected chi connectivity index (χ3v) is 3.38. The summed E-state index contributed by atoms with van der Waals surface area (Å²) in [7, 11) is 3.91. The van der Waals surface area contributed by atoms with Crippen molar-refractivity contribution < 1.29 is 14.4 Å². The number of fused-ring (bicyclic) bond motifs is 3. The predicted molar refractivity (Wildman–Crippen MR) is 76.0 cm³/mol. The fourth-order valence-corrected chi connectivity index (χ4v) is 2.50. The van der Waals surface area contributed by atoms with Gasteiger partial charge >= 0.3 is 5.63 Å². The van der Waals surface area contributed by atoms with Gasteiger partial charge in [-0.1, -0.05) is 36.1 Å². The van der Waals surface area contributed by atoms with Gasteiger partial charge in [-0.2, -0.15) is 0 Å². The number of rotatable bonds is 2. The average molecular weight is 269 g/mol. The Kier molecular flexibility index (Phi) is 2.95. The van der Waals surface area contributed by atoms with Crippen LogP contribution in [-0.4, -0.2) is 14.1 Å². The Bertz CT molecular complexity index is 849. The van der Waals surface area contributed by atoms with Gasteiger partial charge in [-0.3, -0.25) is 0 Å². The third-order valence-electron chi connectivity index (χ3n) is 3.38. The topological polar surface area (TPSA) is 57.7 Å². The number of nitrogens with one attached hydrogen (secondary N) is 1. The van der Waals surface area contributed by atoms with E-state index in [1.54, 1.807) is 24.3 Å². The molecule has 1 aromatic heterocycles. The first-order valence-corrected chi connectivity index (χ1v) is 6.51. The number of quaternary nitrogens is 1. The molecule has 4 nitrogen and oxygen atoms in total. The zero-order chi connectivity index (χ0) is 14.3. The van der Waals surface area contributed by atoms with Crippen LogP contribution in [0.3, 0.4) is 0 Å². The summed E-state index contributed by atoms with van der Waals surface area (Å²) in [6, 6.07) is 10.6. The zero-order valence-electron chi connectivity index (χ0n) is 11.4. The van der Waals surface area contributed by atoms with Gasteiger partial charge in [0.1, 0.15) is 12.1 Å². The molecule has 1 heterocycles. The van der Waals surface area contributed by atoms with E-state index >= 15 is 0 Å². The Morgan fingerprint density at radius 1 is 1.05 bits per heavy atom. The van der Waals surface area contributed by atoms with Crippen LogP contribution in [0.5, 0.6) is 5.75 Å². The smallest absolute Gasteiger partial charge is 0.344 e. The van der Waals surface area contributed by atoms with Gasteiger partial charge in [0.25, 0.3) is 0 Å². The summed E-state index contributed by atoms with van der Waals surface area (Å²) in [6.07, 6.45) is 0.